The molecule has 1 fully saturated rings. The van der Waals surface area contributed by atoms with Gasteiger partial charge >= 0.3 is 0 Å². The number of hydrogen-bond acceptors (Lipinski definition) is 4. The van der Waals surface area contributed by atoms with Gasteiger partial charge in [0.15, 0.2) is 0 Å². The van der Waals surface area contributed by atoms with Crippen molar-refractivity contribution in [1.29, 1.82) is 0 Å². The summed E-state index contributed by atoms with van der Waals surface area (Å²) < 4.78 is 27.8. The van der Waals surface area contributed by atoms with Crippen LogP contribution in [0, 0.1) is 0 Å². The normalized spacial score (nSPS) is 17.8. The molecule has 8 heteroatoms. The number of nitrogens with two attached hydrogens (primary N) is 1. The van der Waals surface area contributed by atoms with Gasteiger partial charge in [-0.15, -0.1) is 0 Å². The number of primary amides is 1. The predicted octanol–water partition coefficient (Wildman–Crippen LogP) is -0.498. The van der Waals surface area contributed by atoms with Gasteiger partial charge in [-0.3, -0.25) is 4.79 Å². The molecule has 1 aliphatic heterocycles. The molecule has 1 amide bonds. The summed E-state index contributed by atoms with van der Waals surface area (Å²) in [5.74, 6) is -0.615. The molecule has 0 radical (unpaired) electrons. The van der Waals surface area contributed by atoms with E-state index in [1.54, 1.807) is 7.05 Å². The van der Waals surface area contributed by atoms with Gasteiger partial charge in [0.2, 0.25) is 5.91 Å². The van der Waals surface area contributed by atoms with Crippen LogP contribution in [0.2, 0.25) is 0 Å². The lowest BCUT2D eigenvalue weighted by atomic mass is 10.1. The van der Waals surface area contributed by atoms with Gasteiger partial charge in [0.05, 0.1) is 6.54 Å². The second kappa shape index (κ2) is 7.92. The first-order valence-electron chi connectivity index (χ1n) is 7.11. The van der Waals surface area contributed by atoms with E-state index in [1.807, 2.05) is 6.92 Å². The molecule has 0 saturated carbocycles. The zero-order valence-electron chi connectivity index (χ0n) is 12.3. The molecule has 0 unspecified atom stereocenters. The van der Waals surface area contributed by atoms with E-state index in [9.17, 15) is 13.2 Å². The summed E-state index contributed by atoms with van der Waals surface area (Å²) >= 11 is 0. The SMILES string of the molecule is CCCCN(C)S(=O)(=O)N(CC(N)=O)C1CCNCC1. The minimum absolute atomic E-state index is 0.155. The van der Waals surface area contributed by atoms with Crippen molar-refractivity contribution in [3.8, 4) is 0 Å². The van der Waals surface area contributed by atoms with E-state index in [1.165, 1.54) is 8.61 Å². The molecule has 1 rings (SSSR count). The summed E-state index contributed by atoms with van der Waals surface area (Å²) in [7, 11) is -2.07. The van der Waals surface area contributed by atoms with Crippen molar-refractivity contribution >= 4 is 16.1 Å². The molecule has 0 aromatic heterocycles. The fourth-order valence-corrected chi connectivity index (χ4v) is 3.92. The van der Waals surface area contributed by atoms with Gasteiger partial charge in [0, 0.05) is 19.6 Å². The average molecular weight is 306 g/mol. The Morgan fingerprint density at radius 3 is 2.45 bits per heavy atom. The van der Waals surface area contributed by atoms with Crippen molar-refractivity contribution < 1.29 is 13.2 Å². The lowest BCUT2D eigenvalue weighted by Gasteiger charge is -2.35. The molecule has 1 aliphatic rings. The smallest absolute Gasteiger partial charge is 0.282 e. The van der Waals surface area contributed by atoms with Crippen LogP contribution in [0.5, 0.6) is 0 Å². The maximum Gasteiger partial charge on any atom is 0.282 e. The summed E-state index contributed by atoms with van der Waals surface area (Å²) in [5.41, 5.74) is 5.22. The minimum atomic E-state index is -3.63. The first-order valence-corrected chi connectivity index (χ1v) is 8.51. The summed E-state index contributed by atoms with van der Waals surface area (Å²) in [5, 5.41) is 3.19. The Hall–Kier alpha value is -0.700. The van der Waals surface area contributed by atoms with Crippen molar-refractivity contribution in [2.24, 2.45) is 5.73 Å². The third-order valence-corrected chi connectivity index (χ3v) is 5.53. The molecule has 1 saturated heterocycles. The zero-order chi connectivity index (χ0) is 15.2. The first-order chi connectivity index (χ1) is 9.39. The highest BCUT2D eigenvalue weighted by Crippen LogP contribution is 2.18. The lowest BCUT2D eigenvalue weighted by Crippen LogP contribution is -2.53. The predicted molar refractivity (Wildman–Crippen MR) is 78.2 cm³/mol. The quantitative estimate of drug-likeness (QED) is 0.632. The van der Waals surface area contributed by atoms with Gasteiger partial charge in [-0.05, 0) is 32.4 Å². The van der Waals surface area contributed by atoms with Crippen LogP contribution in [0.3, 0.4) is 0 Å². The topological polar surface area (TPSA) is 95.7 Å². The molecule has 3 N–H and O–H groups in total. The lowest BCUT2D eigenvalue weighted by molar-refractivity contribution is -0.118. The molecule has 20 heavy (non-hydrogen) atoms. The minimum Gasteiger partial charge on any atom is -0.369 e. The third-order valence-electron chi connectivity index (χ3n) is 3.54. The standard InChI is InChI=1S/C12H26N4O3S/c1-3-4-9-15(2)20(18,19)16(10-12(13)17)11-5-7-14-8-6-11/h11,14H,3-10H2,1-2H3,(H2,13,17). The molecule has 1 heterocycles. The van der Waals surface area contributed by atoms with Crippen LogP contribution in [0.1, 0.15) is 32.6 Å². The van der Waals surface area contributed by atoms with Crippen LogP contribution in [-0.4, -0.2) is 62.2 Å². The molecule has 118 valence electrons. The van der Waals surface area contributed by atoms with Crippen LogP contribution >= 0.6 is 0 Å². The maximum atomic E-state index is 12.6. The Morgan fingerprint density at radius 2 is 1.95 bits per heavy atom. The fraction of sp³-hybridized carbons (Fsp3) is 0.917. The highest BCUT2D eigenvalue weighted by atomic mass is 32.2. The Balaban J connectivity index is 2.86. The van der Waals surface area contributed by atoms with Crippen LogP contribution < -0.4 is 11.1 Å². The van der Waals surface area contributed by atoms with Gasteiger partial charge in [0.25, 0.3) is 10.2 Å². The molecule has 0 bridgehead atoms. The summed E-state index contributed by atoms with van der Waals surface area (Å²) in [6, 6.07) is -0.155. The highest BCUT2D eigenvalue weighted by Gasteiger charge is 2.34. The largest absolute Gasteiger partial charge is 0.369 e. The molecular formula is C12H26N4O3S. The van der Waals surface area contributed by atoms with E-state index >= 15 is 0 Å². The number of amides is 1. The number of nitrogens with one attached hydrogen (secondary N) is 1. The fourth-order valence-electron chi connectivity index (χ4n) is 2.32. The molecule has 0 aliphatic carbocycles. The average Bonchev–Trinajstić information content (AvgIpc) is 2.42. The Morgan fingerprint density at radius 1 is 1.35 bits per heavy atom. The second-order valence-electron chi connectivity index (χ2n) is 5.18. The Bertz CT molecular complexity index is 407. The van der Waals surface area contributed by atoms with Gasteiger partial charge < -0.3 is 11.1 Å². The number of nitrogens with zero attached hydrogens (tertiary/aromatic N) is 2. The van der Waals surface area contributed by atoms with Crippen molar-refractivity contribution in [3.05, 3.63) is 0 Å². The molecule has 0 aromatic carbocycles. The number of piperidine rings is 1. The molecule has 0 atom stereocenters. The molecule has 7 nitrogen and oxygen atoms in total. The van der Waals surface area contributed by atoms with E-state index in [0.29, 0.717) is 19.4 Å². The number of carbonyl (C=O) groups excluding carboxylic acids is 1. The van der Waals surface area contributed by atoms with Crippen LogP contribution in [0.15, 0.2) is 0 Å². The summed E-state index contributed by atoms with van der Waals surface area (Å²) in [6.07, 6.45) is 3.12. The molecule has 0 aromatic rings. The first kappa shape index (κ1) is 17.4. The monoisotopic (exact) mass is 306 g/mol. The van der Waals surface area contributed by atoms with Crippen LogP contribution in [0.25, 0.3) is 0 Å². The van der Waals surface area contributed by atoms with Gasteiger partial charge in [-0.2, -0.15) is 17.0 Å². The number of rotatable bonds is 8. The van der Waals surface area contributed by atoms with E-state index in [4.69, 9.17) is 5.73 Å². The van der Waals surface area contributed by atoms with Crippen LogP contribution in [-0.2, 0) is 15.0 Å². The molecular weight excluding hydrogens is 280 g/mol. The van der Waals surface area contributed by atoms with Crippen molar-refractivity contribution in [2.45, 2.75) is 38.6 Å². The van der Waals surface area contributed by atoms with Gasteiger partial charge in [0.1, 0.15) is 0 Å². The van der Waals surface area contributed by atoms with Gasteiger partial charge in [-0.25, -0.2) is 0 Å². The van der Waals surface area contributed by atoms with Crippen molar-refractivity contribution in [1.82, 2.24) is 13.9 Å². The van der Waals surface area contributed by atoms with Crippen molar-refractivity contribution in [2.75, 3.05) is 33.2 Å². The Kier molecular flexibility index (Phi) is 6.87. The second-order valence-corrected chi connectivity index (χ2v) is 7.16. The number of hydrogen-bond donors (Lipinski definition) is 2. The van der Waals surface area contributed by atoms with E-state index in [0.717, 1.165) is 25.9 Å². The van der Waals surface area contributed by atoms with Gasteiger partial charge in [-0.1, -0.05) is 13.3 Å². The summed E-state index contributed by atoms with van der Waals surface area (Å²) in [4.78, 5) is 11.2. The molecule has 0 spiro atoms. The van der Waals surface area contributed by atoms with Crippen molar-refractivity contribution in [3.63, 3.8) is 0 Å². The highest BCUT2D eigenvalue weighted by molar-refractivity contribution is 7.86. The summed E-state index contributed by atoms with van der Waals surface area (Å²) in [6.45, 7) is 3.74. The number of carbonyl (C=O) groups is 1. The third kappa shape index (κ3) is 4.69. The van der Waals surface area contributed by atoms with E-state index in [-0.39, 0.29) is 12.6 Å². The number of unbranched alkanes of at least 4 members (excludes halogenated alkanes) is 1. The van der Waals surface area contributed by atoms with Crippen LogP contribution in [0.4, 0.5) is 0 Å². The maximum absolute atomic E-state index is 12.6. The van der Waals surface area contributed by atoms with E-state index < -0.39 is 16.1 Å². The Labute approximate surface area is 121 Å². The zero-order valence-corrected chi connectivity index (χ0v) is 13.2. The van der Waals surface area contributed by atoms with E-state index in [2.05, 4.69) is 5.32 Å².